The molecule has 0 spiro atoms. The summed E-state index contributed by atoms with van der Waals surface area (Å²) in [5.74, 6) is 0.763. The van der Waals surface area contributed by atoms with Crippen molar-refractivity contribution in [1.29, 1.82) is 0 Å². The molecule has 2 aromatic heterocycles. The molecular formula is C18H23NS2. The number of hydrogen-bond donors (Lipinski definition) is 0. The van der Waals surface area contributed by atoms with Gasteiger partial charge in [-0.25, -0.2) is 0 Å². The van der Waals surface area contributed by atoms with E-state index in [0.29, 0.717) is 6.04 Å². The molecule has 0 aromatic carbocycles. The second kappa shape index (κ2) is 5.22. The van der Waals surface area contributed by atoms with E-state index in [1.807, 2.05) is 11.3 Å². The lowest BCUT2D eigenvalue weighted by Crippen LogP contribution is -2.38. The van der Waals surface area contributed by atoms with Gasteiger partial charge in [0.15, 0.2) is 0 Å². The van der Waals surface area contributed by atoms with E-state index in [9.17, 15) is 0 Å². The van der Waals surface area contributed by atoms with Crippen LogP contribution in [0.2, 0.25) is 0 Å². The largest absolute Gasteiger partial charge is 0.291 e. The highest BCUT2D eigenvalue weighted by molar-refractivity contribution is 7.12. The molecule has 4 rings (SSSR count). The lowest BCUT2D eigenvalue weighted by Gasteiger charge is -2.39. The van der Waals surface area contributed by atoms with E-state index in [2.05, 4.69) is 49.1 Å². The predicted octanol–water partition coefficient (Wildman–Crippen LogP) is 4.97. The minimum atomic E-state index is 0.650. The molecule has 3 heteroatoms. The standard InChI is InChI=1S/C18H23NS2/c1-11(2)6-14-8-13-10-19-5-4-17-15(7-12(3)20-17)16(19)9-18(13)21-14/h7-8,11,16H,4-6,9-10H2,1-3H3. The van der Waals surface area contributed by atoms with Gasteiger partial charge in [0.05, 0.1) is 0 Å². The fourth-order valence-electron chi connectivity index (χ4n) is 3.82. The molecule has 21 heavy (non-hydrogen) atoms. The fraction of sp³-hybridized carbons (Fsp3) is 0.556. The topological polar surface area (TPSA) is 3.24 Å². The number of thiophene rings is 2. The Bertz CT molecular complexity index is 665. The first kappa shape index (κ1) is 14.0. The quantitative estimate of drug-likeness (QED) is 0.755. The van der Waals surface area contributed by atoms with E-state index in [0.717, 1.165) is 5.92 Å². The smallest absolute Gasteiger partial charge is 0.0411 e. The van der Waals surface area contributed by atoms with E-state index in [-0.39, 0.29) is 0 Å². The molecule has 0 N–H and O–H groups in total. The molecule has 0 radical (unpaired) electrons. The van der Waals surface area contributed by atoms with E-state index in [4.69, 9.17) is 0 Å². The van der Waals surface area contributed by atoms with Crippen LogP contribution in [-0.2, 0) is 25.8 Å². The summed E-state index contributed by atoms with van der Waals surface area (Å²) in [4.78, 5) is 9.10. The Hall–Kier alpha value is -0.640. The maximum Gasteiger partial charge on any atom is 0.0411 e. The fourth-order valence-corrected chi connectivity index (χ4v) is 6.33. The van der Waals surface area contributed by atoms with Crippen molar-refractivity contribution in [2.75, 3.05) is 6.54 Å². The highest BCUT2D eigenvalue weighted by Gasteiger charge is 2.34. The SMILES string of the molecule is Cc1cc2c(s1)CCN1Cc3cc(CC(C)C)sc3CC21. The number of hydrogen-bond acceptors (Lipinski definition) is 3. The van der Waals surface area contributed by atoms with Gasteiger partial charge in [-0.3, -0.25) is 4.90 Å². The lowest BCUT2D eigenvalue weighted by molar-refractivity contribution is 0.164. The third-order valence-corrected chi connectivity index (χ3v) is 7.05. The molecule has 1 atom stereocenters. The Labute approximate surface area is 135 Å². The van der Waals surface area contributed by atoms with Gasteiger partial charge in [-0.1, -0.05) is 13.8 Å². The molecule has 0 saturated heterocycles. The Balaban J connectivity index is 1.65. The van der Waals surface area contributed by atoms with E-state index in [1.54, 1.807) is 25.8 Å². The van der Waals surface area contributed by atoms with Gasteiger partial charge in [0.2, 0.25) is 0 Å². The zero-order valence-electron chi connectivity index (χ0n) is 13.1. The molecule has 4 heterocycles. The van der Waals surface area contributed by atoms with Gasteiger partial charge in [0.1, 0.15) is 0 Å². The molecule has 0 aliphatic carbocycles. The molecule has 0 amide bonds. The van der Waals surface area contributed by atoms with Gasteiger partial charge in [-0.2, -0.15) is 0 Å². The molecule has 0 bridgehead atoms. The third kappa shape index (κ3) is 2.49. The van der Waals surface area contributed by atoms with Gasteiger partial charge in [0, 0.05) is 45.1 Å². The maximum atomic E-state index is 2.71. The van der Waals surface area contributed by atoms with Crippen molar-refractivity contribution in [1.82, 2.24) is 4.90 Å². The van der Waals surface area contributed by atoms with Crippen LogP contribution in [-0.4, -0.2) is 11.4 Å². The van der Waals surface area contributed by atoms with E-state index < -0.39 is 0 Å². The highest BCUT2D eigenvalue weighted by atomic mass is 32.1. The zero-order valence-corrected chi connectivity index (χ0v) is 14.7. The van der Waals surface area contributed by atoms with Crippen molar-refractivity contribution in [2.45, 2.75) is 52.6 Å². The molecule has 2 aromatic rings. The van der Waals surface area contributed by atoms with Crippen LogP contribution in [0.5, 0.6) is 0 Å². The molecule has 1 unspecified atom stereocenters. The van der Waals surface area contributed by atoms with E-state index in [1.165, 1.54) is 37.2 Å². The lowest BCUT2D eigenvalue weighted by atomic mass is 9.91. The van der Waals surface area contributed by atoms with Crippen LogP contribution in [0.25, 0.3) is 0 Å². The number of rotatable bonds is 2. The monoisotopic (exact) mass is 317 g/mol. The minimum Gasteiger partial charge on any atom is -0.291 e. The summed E-state index contributed by atoms with van der Waals surface area (Å²) in [5.41, 5.74) is 3.25. The second-order valence-corrected chi connectivity index (χ2v) is 9.50. The molecule has 0 fully saturated rings. The number of aryl methyl sites for hydroxylation is 1. The first-order valence-electron chi connectivity index (χ1n) is 8.04. The first-order chi connectivity index (χ1) is 10.1. The molecular weight excluding hydrogens is 294 g/mol. The molecule has 0 saturated carbocycles. The molecule has 2 aliphatic rings. The van der Waals surface area contributed by atoms with Crippen LogP contribution in [0.3, 0.4) is 0 Å². The second-order valence-electron chi connectivity index (χ2n) is 6.94. The average molecular weight is 318 g/mol. The van der Waals surface area contributed by atoms with Gasteiger partial charge < -0.3 is 0 Å². The predicted molar refractivity (Wildman–Crippen MR) is 92.5 cm³/mol. The van der Waals surface area contributed by atoms with Crippen LogP contribution in [0, 0.1) is 12.8 Å². The van der Waals surface area contributed by atoms with Crippen molar-refractivity contribution in [3.63, 3.8) is 0 Å². The normalized spacial score (nSPS) is 21.2. The third-order valence-electron chi connectivity index (χ3n) is 4.70. The summed E-state index contributed by atoms with van der Waals surface area (Å²) in [6, 6.07) is 5.59. The Morgan fingerprint density at radius 3 is 2.90 bits per heavy atom. The average Bonchev–Trinajstić information content (AvgIpc) is 2.96. The van der Waals surface area contributed by atoms with Crippen molar-refractivity contribution >= 4 is 22.7 Å². The molecule has 112 valence electrons. The van der Waals surface area contributed by atoms with Crippen molar-refractivity contribution in [3.8, 4) is 0 Å². The summed E-state index contributed by atoms with van der Waals surface area (Å²) >= 11 is 4.10. The van der Waals surface area contributed by atoms with Crippen molar-refractivity contribution in [2.24, 2.45) is 5.92 Å². The summed E-state index contributed by atoms with van der Waals surface area (Å²) in [7, 11) is 0. The van der Waals surface area contributed by atoms with Gasteiger partial charge in [-0.15, -0.1) is 22.7 Å². The van der Waals surface area contributed by atoms with E-state index >= 15 is 0 Å². The van der Waals surface area contributed by atoms with Gasteiger partial charge >= 0.3 is 0 Å². The highest BCUT2D eigenvalue weighted by Crippen LogP contribution is 2.43. The van der Waals surface area contributed by atoms with Crippen LogP contribution in [0.4, 0.5) is 0 Å². The number of nitrogens with zero attached hydrogens (tertiary/aromatic N) is 1. The van der Waals surface area contributed by atoms with Crippen molar-refractivity contribution < 1.29 is 0 Å². The Morgan fingerprint density at radius 1 is 1.24 bits per heavy atom. The van der Waals surface area contributed by atoms with Crippen LogP contribution in [0.15, 0.2) is 12.1 Å². The number of fused-ring (bicyclic) bond motifs is 4. The molecule has 2 aliphatic heterocycles. The van der Waals surface area contributed by atoms with Crippen molar-refractivity contribution in [3.05, 3.63) is 42.8 Å². The zero-order chi connectivity index (χ0) is 14.6. The summed E-state index contributed by atoms with van der Waals surface area (Å²) in [5, 5.41) is 0. The summed E-state index contributed by atoms with van der Waals surface area (Å²) < 4.78 is 0. The summed E-state index contributed by atoms with van der Waals surface area (Å²) in [6.07, 6.45) is 3.73. The Kier molecular flexibility index (Phi) is 3.48. The van der Waals surface area contributed by atoms with Crippen LogP contribution in [0.1, 0.15) is 50.5 Å². The summed E-state index contributed by atoms with van der Waals surface area (Å²) in [6.45, 7) is 9.31. The van der Waals surface area contributed by atoms with Crippen LogP contribution < -0.4 is 0 Å². The van der Waals surface area contributed by atoms with Gasteiger partial charge in [-0.05, 0) is 48.9 Å². The molecule has 1 nitrogen and oxygen atoms in total. The first-order valence-corrected chi connectivity index (χ1v) is 9.67. The minimum absolute atomic E-state index is 0.650. The van der Waals surface area contributed by atoms with Gasteiger partial charge in [0.25, 0.3) is 0 Å². The maximum absolute atomic E-state index is 2.71. The van der Waals surface area contributed by atoms with Crippen LogP contribution >= 0.6 is 22.7 Å². The Morgan fingerprint density at radius 2 is 2.10 bits per heavy atom.